The topological polar surface area (TPSA) is 20.2 Å². The van der Waals surface area contributed by atoms with Crippen LogP contribution in [0.25, 0.3) is 32.7 Å². The molecule has 6 aromatic carbocycles. The van der Waals surface area contributed by atoms with Gasteiger partial charge in [0.2, 0.25) is 0 Å². The number of rotatable bonds is 4. The van der Waals surface area contributed by atoms with Gasteiger partial charge in [0.15, 0.2) is 0 Å². The van der Waals surface area contributed by atoms with E-state index in [1.807, 2.05) is 72.8 Å². The van der Waals surface area contributed by atoms with Crippen LogP contribution in [0.15, 0.2) is 133 Å². The molecule has 0 fully saturated rings. The standard InChI is InChI=1S/C33H23ClO/c34-26-20-18-25(19-21-26)33(35,24-11-2-1-3-12-24)32-17-9-8-16-30(32)31-22-23-10-4-5-13-27(23)28-14-6-7-15-29(28)31/h1-22,35H. The van der Waals surface area contributed by atoms with E-state index in [2.05, 4.69) is 60.7 Å². The van der Waals surface area contributed by atoms with E-state index in [1.165, 1.54) is 16.2 Å². The molecule has 6 aromatic rings. The first-order valence-electron chi connectivity index (χ1n) is 11.7. The maximum Gasteiger partial charge on any atom is 0.141 e. The van der Waals surface area contributed by atoms with E-state index in [-0.39, 0.29) is 0 Å². The Morgan fingerprint density at radius 3 is 1.83 bits per heavy atom. The summed E-state index contributed by atoms with van der Waals surface area (Å²) in [5.74, 6) is 0. The number of benzene rings is 6. The summed E-state index contributed by atoms with van der Waals surface area (Å²) in [7, 11) is 0. The van der Waals surface area contributed by atoms with Gasteiger partial charge in [0.1, 0.15) is 5.60 Å². The lowest BCUT2D eigenvalue weighted by Crippen LogP contribution is -2.29. The van der Waals surface area contributed by atoms with Crippen LogP contribution in [0.4, 0.5) is 0 Å². The zero-order valence-corrected chi connectivity index (χ0v) is 19.8. The number of hydrogen-bond donors (Lipinski definition) is 1. The first-order valence-corrected chi connectivity index (χ1v) is 12.1. The van der Waals surface area contributed by atoms with Gasteiger partial charge in [-0.1, -0.05) is 127 Å². The van der Waals surface area contributed by atoms with Gasteiger partial charge in [-0.3, -0.25) is 0 Å². The van der Waals surface area contributed by atoms with Crippen molar-refractivity contribution in [1.29, 1.82) is 0 Å². The fraction of sp³-hybridized carbons (Fsp3) is 0.0303. The van der Waals surface area contributed by atoms with Crippen LogP contribution in [-0.4, -0.2) is 5.11 Å². The number of aliphatic hydroxyl groups is 1. The van der Waals surface area contributed by atoms with Gasteiger partial charge in [-0.25, -0.2) is 0 Å². The van der Waals surface area contributed by atoms with E-state index in [9.17, 15) is 5.11 Å². The van der Waals surface area contributed by atoms with Crippen LogP contribution in [0, 0.1) is 0 Å². The van der Waals surface area contributed by atoms with Crippen LogP contribution in [-0.2, 0) is 5.60 Å². The second-order valence-corrected chi connectivity index (χ2v) is 9.26. The van der Waals surface area contributed by atoms with E-state index >= 15 is 0 Å². The maximum absolute atomic E-state index is 12.6. The molecule has 0 heterocycles. The largest absolute Gasteiger partial charge is 0.376 e. The molecule has 0 aliphatic heterocycles. The Hall–Kier alpha value is -3.91. The van der Waals surface area contributed by atoms with Crippen molar-refractivity contribution in [3.63, 3.8) is 0 Å². The average Bonchev–Trinajstić information content (AvgIpc) is 2.93. The molecule has 0 aliphatic rings. The molecule has 0 aromatic heterocycles. The molecule has 168 valence electrons. The van der Waals surface area contributed by atoms with Gasteiger partial charge in [-0.15, -0.1) is 0 Å². The first kappa shape index (κ1) is 21.6. The highest BCUT2D eigenvalue weighted by Crippen LogP contribution is 2.44. The summed E-state index contributed by atoms with van der Waals surface area (Å²) in [5, 5.41) is 18.0. The van der Waals surface area contributed by atoms with E-state index in [4.69, 9.17) is 11.6 Å². The molecule has 35 heavy (non-hydrogen) atoms. The van der Waals surface area contributed by atoms with Crippen LogP contribution >= 0.6 is 11.6 Å². The highest BCUT2D eigenvalue weighted by molar-refractivity contribution is 6.30. The normalized spacial score (nSPS) is 13.1. The molecule has 0 radical (unpaired) electrons. The van der Waals surface area contributed by atoms with Gasteiger partial charge < -0.3 is 5.11 Å². The monoisotopic (exact) mass is 470 g/mol. The zero-order chi connectivity index (χ0) is 23.8. The molecule has 0 aliphatic carbocycles. The highest BCUT2D eigenvalue weighted by atomic mass is 35.5. The number of halogens is 1. The van der Waals surface area contributed by atoms with Gasteiger partial charge >= 0.3 is 0 Å². The minimum Gasteiger partial charge on any atom is -0.376 e. The molecule has 0 bridgehead atoms. The van der Waals surface area contributed by atoms with Crippen molar-refractivity contribution in [3.8, 4) is 11.1 Å². The summed E-state index contributed by atoms with van der Waals surface area (Å²) in [6.07, 6.45) is 0. The van der Waals surface area contributed by atoms with Crippen LogP contribution in [0.5, 0.6) is 0 Å². The van der Waals surface area contributed by atoms with E-state index in [1.54, 1.807) is 0 Å². The summed E-state index contributed by atoms with van der Waals surface area (Å²) in [5.41, 5.74) is 3.13. The lowest BCUT2D eigenvalue weighted by atomic mass is 9.76. The number of fused-ring (bicyclic) bond motifs is 3. The molecular weight excluding hydrogens is 448 g/mol. The minimum atomic E-state index is -1.37. The highest BCUT2D eigenvalue weighted by Gasteiger charge is 2.36. The van der Waals surface area contributed by atoms with Gasteiger partial charge in [-0.2, -0.15) is 0 Å². The SMILES string of the molecule is OC(c1ccccc1)(c1ccc(Cl)cc1)c1ccccc1-c1cc2ccccc2c2ccccc12. The molecule has 1 nitrogen and oxygen atoms in total. The molecule has 0 amide bonds. The van der Waals surface area contributed by atoms with Crippen LogP contribution in [0.2, 0.25) is 5.02 Å². The summed E-state index contributed by atoms with van der Waals surface area (Å²) in [6.45, 7) is 0. The van der Waals surface area contributed by atoms with E-state index in [0.29, 0.717) is 5.02 Å². The third kappa shape index (κ3) is 3.61. The third-order valence-corrected chi connectivity index (χ3v) is 7.08. The molecule has 0 saturated heterocycles. The average molecular weight is 471 g/mol. The summed E-state index contributed by atoms with van der Waals surface area (Å²) >= 11 is 6.22. The van der Waals surface area contributed by atoms with Crippen molar-refractivity contribution in [1.82, 2.24) is 0 Å². The summed E-state index contributed by atoms with van der Waals surface area (Å²) < 4.78 is 0. The molecule has 1 N–H and O–H groups in total. The van der Waals surface area contributed by atoms with Gasteiger partial charge in [0.05, 0.1) is 0 Å². The van der Waals surface area contributed by atoms with Crippen molar-refractivity contribution in [2.24, 2.45) is 0 Å². The van der Waals surface area contributed by atoms with Gasteiger partial charge in [-0.05, 0) is 62.0 Å². The van der Waals surface area contributed by atoms with Crippen LogP contribution < -0.4 is 0 Å². The lowest BCUT2D eigenvalue weighted by molar-refractivity contribution is 0.126. The molecule has 0 spiro atoms. The number of hydrogen-bond acceptors (Lipinski definition) is 1. The fourth-order valence-corrected chi connectivity index (χ4v) is 5.28. The second kappa shape index (κ2) is 8.70. The lowest BCUT2D eigenvalue weighted by Gasteiger charge is -2.32. The molecule has 2 heteroatoms. The molecule has 0 saturated carbocycles. The predicted molar refractivity (Wildman–Crippen MR) is 147 cm³/mol. The minimum absolute atomic E-state index is 0.637. The van der Waals surface area contributed by atoms with Gasteiger partial charge in [0.25, 0.3) is 0 Å². The Bertz CT molecular complexity index is 1650. The van der Waals surface area contributed by atoms with Crippen molar-refractivity contribution in [2.45, 2.75) is 5.60 Å². The smallest absolute Gasteiger partial charge is 0.141 e. The van der Waals surface area contributed by atoms with Gasteiger partial charge in [0, 0.05) is 10.6 Å². The zero-order valence-electron chi connectivity index (χ0n) is 19.0. The summed E-state index contributed by atoms with van der Waals surface area (Å²) in [4.78, 5) is 0. The Morgan fingerprint density at radius 2 is 1.06 bits per heavy atom. The molecule has 6 rings (SSSR count). The second-order valence-electron chi connectivity index (χ2n) is 8.82. The maximum atomic E-state index is 12.6. The molecule has 1 unspecified atom stereocenters. The first-order chi connectivity index (χ1) is 17.2. The Morgan fingerprint density at radius 1 is 0.486 bits per heavy atom. The Kier molecular flexibility index (Phi) is 5.37. The van der Waals surface area contributed by atoms with E-state index < -0.39 is 5.60 Å². The van der Waals surface area contributed by atoms with Crippen LogP contribution in [0.3, 0.4) is 0 Å². The van der Waals surface area contributed by atoms with Crippen LogP contribution in [0.1, 0.15) is 16.7 Å². The predicted octanol–water partition coefficient (Wildman–Crippen LogP) is 8.60. The Balaban J connectivity index is 1.70. The van der Waals surface area contributed by atoms with Crippen molar-refractivity contribution >= 4 is 33.1 Å². The fourth-order valence-electron chi connectivity index (χ4n) is 5.16. The summed E-state index contributed by atoms with van der Waals surface area (Å²) in [6, 6.07) is 44.7. The third-order valence-electron chi connectivity index (χ3n) is 6.83. The van der Waals surface area contributed by atoms with Crippen molar-refractivity contribution < 1.29 is 5.11 Å². The molecular formula is C33H23ClO. The molecule has 1 atom stereocenters. The van der Waals surface area contributed by atoms with Crippen molar-refractivity contribution in [2.75, 3.05) is 0 Å². The quantitative estimate of drug-likeness (QED) is 0.202. The Labute approximate surface area is 209 Å². The van der Waals surface area contributed by atoms with E-state index in [0.717, 1.165) is 33.2 Å². The van der Waals surface area contributed by atoms with Crippen molar-refractivity contribution in [3.05, 3.63) is 155 Å².